The Labute approximate surface area is 124 Å². The molecule has 0 atom stereocenters. The van der Waals surface area contributed by atoms with Crippen LogP contribution in [0.15, 0.2) is 18.2 Å². The van der Waals surface area contributed by atoms with Gasteiger partial charge in [0.25, 0.3) is 0 Å². The van der Waals surface area contributed by atoms with Crippen molar-refractivity contribution >= 4 is 27.3 Å². The maximum atomic E-state index is 11.8. The van der Waals surface area contributed by atoms with Crippen LogP contribution in [0.5, 0.6) is 5.75 Å². The van der Waals surface area contributed by atoms with Gasteiger partial charge in [-0.3, -0.25) is 14.8 Å². The van der Waals surface area contributed by atoms with Gasteiger partial charge in [-0.25, -0.2) is 8.42 Å². The first-order valence-corrected chi connectivity index (χ1v) is 8.49. The number of amides is 1. The topological polar surface area (TPSA) is 87.7 Å². The smallest absolute Gasteiger partial charge is 0.229 e. The van der Waals surface area contributed by atoms with Crippen molar-refractivity contribution in [2.24, 2.45) is 0 Å². The molecule has 0 spiro atoms. The van der Waals surface area contributed by atoms with Gasteiger partial charge >= 0.3 is 0 Å². The van der Waals surface area contributed by atoms with Gasteiger partial charge in [0.05, 0.1) is 11.9 Å². The molecule has 1 aliphatic heterocycles. The molecule has 7 nitrogen and oxygen atoms in total. The fourth-order valence-electron chi connectivity index (χ4n) is 2.16. The van der Waals surface area contributed by atoms with E-state index in [1.165, 1.54) is 0 Å². The van der Waals surface area contributed by atoms with Crippen molar-refractivity contribution in [2.45, 2.75) is 12.8 Å². The molecular weight excluding hydrogens is 294 g/mol. The van der Waals surface area contributed by atoms with Gasteiger partial charge in [-0.15, -0.1) is 0 Å². The van der Waals surface area contributed by atoms with E-state index in [0.29, 0.717) is 30.1 Å². The molecule has 0 aromatic heterocycles. The first-order valence-electron chi connectivity index (χ1n) is 6.60. The van der Waals surface area contributed by atoms with Crippen LogP contribution in [-0.4, -0.2) is 40.9 Å². The van der Waals surface area contributed by atoms with E-state index < -0.39 is 10.0 Å². The second-order valence-corrected chi connectivity index (χ2v) is 6.59. The first-order chi connectivity index (χ1) is 9.90. The van der Waals surface area contributed by atoms with E-state index in [9.17, 15) is 13.2 Å². The van der Waals surface area contributed by atoms with E-state index in [0.717, 1.165) is 12.7 Å². The summed E-state index contributed by atoms with van der Waals surface area (Å²) in [6, 6.07) is 5.03. The van der Waals surface area contributed by atoms with E-state index in [-0.39, 0.29) is 12.6 Å². The highest BCUT2D eigenvalue weighted by molar-refractivity contribution is 7.92. The van der Waals surface area contributed by atoms with Gasteiger partial charge in [0.2, 0.25) is 15.9 Å². The lowest BCUT2D eigenvalue weighted by Gasteiger charge is -2.19. The van der Waals surface area contributed by atoms with Gasteiger partial charge in [0, 0.05) is 18.7 Å². The molecule has 2 rings (SSSR count). The summed E-state index contributed by atoms with van der Waals surface area (Å²) < 4.78 is 30.8. The van der Waals surface area contributed by atoms with Crippen molar-refractivity contribution in [3.8, 4) is 5.75 Å². The van der Waals surface area contributed by atoms with Crippen LogP contribution in [0.3, 0.4) is 0 Å². The van der Waals surface area contributed by atoms with Crippen LogP contribution in [0, 0.1) is 0 Å². The van der Waals surface area contributed by atoms with E-state index in [4.69, 9.17) is 4.74 Å². The fourth-order valence-corrected chi connectivity index (χ4v) is 2.72. The first kappa shape index (κ1) is 15.6. The number of sulfonamides is 1. The second kappa shape index (κ2) is 6.31. The summed E-state index contributed by atoms with van der Waals surface area (Å²) in [6.45, 7) is 0.897. The Balaban J connectivity index is 2.33. The highest BCUT2D eigenvalue weighted by Gasteiger charge is 2.23. The number of carbonyl (C=O) groups excluding carboxylic acids is 1. The molecule has 1 aromatic rings. The van der Waals surface area contributed by atoms with Crippen molar-refractivity contribution in [3.05, 3.63) is 18.2 Å². The van der Waals surface area contributed by atoms with Crippen LogP contribution in [0.25, 0.3) is 0 Å². The zero-order valence-corrected chi connectivity index (χ0v) is 12.9. The predicted octanol–water partition coefficient (Wildman–Crippen LogP) is 0.741. The van der Waals surface area contributed by atoms with Crippen molar-refractivity contribution in [1.82, 2.24) is 5.32 Å². The van der Waals surface area contributed by atoms with E-state index in [2.05, 4.69) is 10.0 Å². The average molecular weight is 313 g/mol. The number of ether oxygens (including phenoxy) is 1. The maximum Gasteiger partial charge on any atom is 0.229 e. The predicted molar refractivity (Wildman–Crippen MR) is 81.1 cm³/mol. The summed E-state index contributed by atoms with van der Waals surface area (Å²) in [6.07, 6.45) is 2.40. The molecule has 0 bridgehead atoms. The number of carbonyl (C=O) groups is 1. The third-order valence-electron chi connectivity index (χ3n) is 3.02. The third kappa shape index (κ3) is 4.08. The van der Waals surface area contributed by atoms with E-state index >= 15 is 0 Å². The number of benzene rings is 1. The van der Waals surface area contributed by atoms with Crippen LogP contribution < -0.4 is 19.7 Å². The Bertz CT molecular complexity index is 630. The normalized spacial score (nSPS) is 15.3. The highest BCUT2D eigenvalue weighted by atomic mass is 32.2. The molecule has 0 unspecified atom stereocenters. The average Bonchev–Trinajstić information content (AvgIpc) is 2.82. The molecule has 0 radical (unpaired) electrons. The Kier molecular flexibility index (Phi) is 4.69. The minimum Gasteiger partial charge on any atom is -0.476 e. The molecule has 1 aromatic carbocycles. The van der Waals surface area contributed by atoms with Gasteiger partial charge in [-0.1, -0.05) is 0 Å². The quantitative estimate of drug-likeness (QED) is 0.756. The molecule has 0 saturated carbocycles. The summed E-state index contributed by atoms with van der Waals surface area (Å²) in [5.74, 6) is 0.453. The maximum absolute atomic E-state index is 11.8. The van der Waals surface area contributed by atoms with Crippen molar-refractivity contribution in [1.29, 1.82) is 0 Å². The van der Waals surface area contributed by atoms with Crippen molar-refractivity contribution < 1.29 is 17.9 Å². The molecule has 1 heterocycles. The van der Waals surface area contributed by atoms with Gasteiger partial charge < -0.3 is 9.64 Å². The van der Waals surface area contributed by atoms with Crippen LogP contribution in [0.1, 0.15) is 12.8 Å². The molecule has 1 amide bonds. The number of anilines is 2. The Morgan fingerprint density at radius 2 is 2.14 bits per heavy atom. The zero-order valence-electron chi connectivity index (χ0n) is 12.0. The molecule has 1 saturated heterocycles. The van der Waals surface area contributed by atoms with Gasteiger partial charge in [0.15, 0.2) is 0 Å². The Hall–Kier alpha value is -1.80. The summed E-state index contributed by atoms with van der Waals surface area (Å²) in [7, 11) is -1.71. The Morgan fingerprint density at radius 3 is 2.71 bits per heavy atom. The highest BCUT2D eigenvalue weighted by Crippen LogP contribution is 2.32. The minimum absolute atomic E-state index is 0.0456. The molecule has 1 aliphatic rings. The largest absolute Gasteiger partial charge is 0.476 e. The van der Waals surface area contributed by atoms with Crippen LogP contribution in [0.4, 0.5) is 11.4 Å². The fraction of sp³-hybridized carbons (Fsp3) is 0.462. The van der Waals surface area contributed by atoms with E-state index in [1.807, 2.05) is 0 Å². The number of nitrogens with zero attached hydrogens (tertiary/aromatic N) is 1. The molecule has 2 N–H and O–H groups in total. The van der Waals surface area contributed by atoms with Gasteiger partial charge in [-0.2, -0.15) is 0 Å². The van der Waals surface area contributed by atoms with Crippen LogP contribution >= 0.6 is 0 Å². The number of hydrogen-bond donors (Lipinski definition) is 2. The summed E-state index contributed by atoms with van der Waals surface area (Å²) in [5.41, 5.74) is 0.991. The molecule has 21 heavy (non-hydrogen) atoms. The van der Waals surface area contributed by atoms with E-state index in [1.54, 1.807) is 30.1 Å². The SMILES string of the molecule is CNCOc1ccc(N2CCCC2=O)cc1NS(C)(=O)=O. The molecule has 8 heteroatoms. The number of nitrogens with one attached hydrogen (secondary N) is 2. The summed E-state index contributed by atoms with van der Waals surface area (Å²) in [5, 5.41) is 2.82. The lowest BCUT2D eigenvalue weighted by atomic mass is 10.2. The number of rotatable bonds is 6. The van der Waals surface area contributed by atoms with Crippen LogP contribution in [-0.2, 0) is 14.8 Å². The second-order valence-electron chi connectivity index (χ2n) is 4.85. The molecule has 116 valence electrons. The zero-order chi connectivity index (χ0) is 15.5. The summed E-state index contributed by atoms with van der Waals surface area (Å²) in [4.78, 5) is 13.4. The van der Waals surface area contributed by atoms with Crippen molar-refractivity contribution in [3.63, 3.8) is 0 Å². The number of hydrogen-bond acceptors (Lipinski definition) is 5. The Morgan fingerprint density at radius 1 is 1.38 bits per heavy atom. The van der Waals surface area contributed by atoms with Gasteiger partial charge in [0.1, 0.15) is 12.5 Å². The third-order valence-corrected chi connectivity index (χ3v) is 3.61. The molecule has 0 aliphatic carbocycles. The standard InChI is InChI=1S/C13H19N3O4S/c1-14-9-20-12-6-5-10(16-7-3-4-13(16)17)8-11(12)15-21(2,18)19/h5-6,8,14-15H,3-4,7,9H2,1-2H3. The monoisotopic (exact) mass is 313 g/mol. The molecular formula is C13H19N3O4S. The lowest BCUT2D eigenvalue weighted by Crippen LogP contribution is -2.24. The van der Waals surface area contributed by atoms with Gasteiger partial charge in [-0.05, 0) is 31.7 Å². The summed E-state index contributed by atoms with van der Waals surface area (Å²) >= 11 is 0. The molecule has 1 fully saturated rings. The van der Waals surface area contributed by atoms with Crippen molar-refractivity contribution in [2.75, 3.05) is 36.2 Å². The lowest BCUT2D eigenvalue weighted by molar-refractivity contribution is -0.117. The minimum atomic E-state index is -3.43. The van der Waals surface area contributed by atoms with Crippen LogP contribution in [0.2, 0.25) is 0 Å².